The Balaban J connectivity index is 2.13. The molecule has 1 saturated heterocycles. The van der Waals surface area contributed by atoms with E-state index in [1.165, 1.54) is 4.88 Å². The fourth-order valence-corrected chi connectivity index (χ4v) is 3.14. The van der Waals surface area contributed by atoms with E-state index in [0.717, 1.165) is 22.9 Å². The van der Waals surface area contributed by atoms with Gasteiger partial charge in [0.25, 0.3) is 0 Å². The Bertz CT molecular complexity index is 350. The maximum Gasteiger partial charge on any atom is 0.151 e. The molecule has 0 aliphatic carbocycles. The first-order valence-electron chi connectivity index (χ1n) is 4.52. The van der Waals surface area contributed by atoms with Crippen molar-refractivity contribution >= 4 is 33.6 Å². The van der Waals surface area contributed by atoms with E-state index in [0.29, 0.717) is 0 Å². The molecule has 2 atom stereocenters. The SMILES string of the molecule is CC1(C=O)CCC(c2ccc(Br)s2)O1. The summed E-state index contributed by atoms with van der Waals surface area (Å²) in [7, 11) is 0. The number of aldehydes is 1. The van der Waals surface area contributed by atoms with E-state index < -0.39 is 5.60 Å². The van der Waals surface area contributed by atoms with Gasteiger partial charge < -0.3 is 9.53 Å². The lowest BCUT2D eigenvalue weighted by Gasteiger charge is -2.16. The molecule has 1 fully saturated rings. The van der Waals surface area contributed by atoms with Gasteiger partial charge in [0, 0.05) is 4.88 Å². The lowest BCUT2D eigenvalue weighted by Crippen LogP contribution is -2.24. The number of carbonyl (C=O) groups is 1. The Morgan fingerprint density at radius 2 is 2.50 bits per heavy atom. The normalized spacial score (nSPS) is 32.0. The smallest absolute Gasteiger partial charge is 0.151 e. The van der Waals surface area contributed by atoms with Crippen LogP contribution >= 0.6 is 27.3 Å². The number of hydrogen-bond donors (Lipinski definition) is 0. The molecule has 0 spiro atoms. The molecule has 0 amide bonds. The van der Waals surface area contributed by atoms with Crippen LogP contribution in [-0.2, 0) is 9.53 Å². The van der Waals surface area contributed by atoms with E-state index in [9.17, 15) is 4.79 Å². The van der Waals surface area contributed by atoms with Crippen LogP contribution in [0.2, 0.25) is 0 Å². The molecule has 0 aromatic carbocycles. The molecule has 14 heavy (non-hydrogen) atoms. The third kappa shape index (κ3) is 1.92. The molecule has 1 aromatic rings. The second-order valence-corrected chi connectivity index (χ2v) is 6.21. The van der Waals surface area contributed by atoms with E-state index >= 15 is 0 Å². The van der Waals surface area contributed by atoms with Crippen LogP contribution < -0.4 is 0 Å². The number of rotatable bonds is 2. The Hall–Kier alpha value is -0.190. The van der Waals surface area contributed by atoms with Crippen LogP contribution in [0, 0.1) is 0 Å². The Morgan fingerprint density at radius 3 is 3.00 bits per heavy atom. The van der Waals surface area contributed by atoms with E-state index in [-0.39, 0.29) is 6.10 Å². The minimum Gasteiger partial charge on any atom is -0.359 e. The second kappa shape index (κ2) is 3.76. The summed E-state index contributed by atoms with van der Waals surface area (Å²) < 4.78 is 6.83. The minimum atomic E-state index is -0.568. The molecule has 4 heteroatoms. The quantitative estimate of drug-likeness (QED) is 0.774. The van der Waals surface area contributed by atoms with Gasteiger partial charge in [0.2, 0.25) is 0 Å². The van der Waals surface area contributed by atoms with Gasteiger partial charge in [-0.1, -0.05) is 0 Å². The summed E-state index contributed by atoms with van der Waals surface area (Å²) in [4.78, 5) is 12.0. The fourth-order valence-electron chi connectivity index (χ4n) is 1.65. The Labute approximate surface area is 95.4 Å². The van der Waals surface area contributed by atoms with Crippen molar-refractivity contribution < 1.29 is 9.53 Å². The van der Waals surface area contributed by atoms with Gasteiger partial charge >= 0.3 is 0 Å². The fraction of sp³-hybridized carbons (Fsp3) is 0.500. The summed E-state index contributed by atoms with van der Waals surface area (Å²) in [6, 6.07) is 4.07. The van der Waals surface area contributed by atoms with Gasteiger partial charge in [0.15, 0.2) is 6.29 Å². The van der Waals surface area contributed by atoms with E-state index in [4.69, 9.17) is 4.74 Å². The number of carbonyl (C=O) groups excluding carboxylic acids is 1. The molecular weight excluding hydrogens is 264 g/mol. The van der Waals surface area contributed by atoms with Crippen molar-refractivity contribution in [1.82, 2.24) is 0 Å². The third-order valence-electron chi connectivity index (χ3n) is 2.48. The molecule has 2 nitrogen and oxygen atoms in total. The predicted molar refractivity (Wildman–Crippen MR) is 59.5 cm³/mol. The molecule has 2 rings (SSSR count). The molecule has 0 N–H and O–H groups in total. The zero-order valence-electron chi connectivity index (χ0n) is 7.83. The average Bonchev–Trinajstić information content (AvgIpc) is 2.73. The topological polar surface area (TPSA) is 26.3 Å². The first-order valence-corrected chi connectivity index (χ1v) is 6.13. The molecule has 1 aliphatic heterocycles. The first-order chi connectivity index (χ1) is 6.63. The third-order valence-corrected chi connectivity index (χ3v) is 4.19. The second-order valence-electron chi connectivity index (χ2n) is 3.72. The van der Waals surface area contributed by atoms with Gasteiger partial charge in [-0.2, -0.15) is 0 Å². The summed E-state index contributed by atoms with van der Waals surface area (Å²) >= 11 is 5.09. The summed E-state index contributed by atoms with van der Waals surface area (Å²) in [5.74, 6) is 0. The standard InChI is InChI=1S/C10H11BrO2S/c1-10(6-12)5-4-7(13-10)8-2-3-9(11)14-8/h2-3,6-7H,4-5H2,1H3. The van der Waals surface area contributed by atoms with Crippen LogP contribution in [0.25, 0.3) is 0 Å². The summed E-state index contributed by atoms with van der Waals surface area (Å²) in [5, 5.41) is 0. The Morgan fingerprint density at radius 1 is 1.71 bits per heavy atom. The van der Waals surface area contributed by atoms with E-state index in [1.807, 2.05) is 13.0 Å². The molecular formula is C10H11BrO2S. The molecule has 1 aromatic heterocycles. The highest BCUT2D eigenvalue weighted by atomic mass is 79.9. The van der Waals surface area contributed by atoms with Gasteiger partial charge in [-0.05, 0) is 47.8 Å². The zero-order valence-corrected chi connectivity index (χ0v) is 10.2. The van der Waals surface area contributed by atoms with Crippen LogP contribution in [-0.4, -0.2) is 11.9 Å². The molecule has 2 unspecified atom stereocenters. The lowest BCUT2D eigenvalue weighted by molar-refractivity contribution is -0.127. The lowest BCUT2D eigenvalue weighted by atomic mass is 10.0. The summed E-state index contributed by atoms with van der Waals surface area (Å²) in [5.41, 5.74) is -0.568. The van der Waals surface area contributed by atoms with Crippen molar-refractivity contribution in [1.29, 1.82) is 0 Å². The van der Waals surface area contributed by atoms with Gasteiger partial charge in [0.05, 0.1) is 9.89 Å². The summed E-state index contributed by atoms with van der Waals surface area (Å²) in [6.45, 7) is 1.85. The maximum absolute atomic E-state index is 10.8. The van der Waals surface area contributed by atoms with Crippen molar-refractivity contribution in [2.24, 2.45) is 0 Å². The largest absolute Gasteiger partial charge is 0.359 e. The maximum atomic E-state index is 10.8. The molecule has 0 bridgehead atoms. The molecule has 76 valence electrons. The highest BCUT2D eigenvalue weighted by molar-refractivity contribution is 9.11. The van der Waals surface area contributed by atoms with Crippen molar-refractivity contribution in [2.75, 3.05) is 0 Å². The van der Waals surface area contributed by atoms with E-state index in [2.05, 4.69) is 22.0 Å². The molecule has 1 aliphatic rings. The Kier molecular flexibility index (Phi) is 2.77. The predicted octanol–water partition coefficient (Wildman–Crippen LogP) is 3.32. The van der Waals surface area contributed by atoms with Crippen molar-refractivity contribution in [2.45, 2.75) is 31.5 Å². The van der Waals surface area contributed by atoms with Crippen molar-refractivity contribution in [3.05, 3.63) is 20.8 Å². The monoisotopic (exact) mass is 274 g/mol. The van der Waals surface area contributed by atoms with Crippen molar-refractivity contribution in [3.8, 4) is 0 Å². The molecule has 2 heterocycles. The van der Waals surface area contributed by atoms with Gasteiger partial charge in [-0.25, -0.2) is 0 Å². The van der Waals surface area contributed by atoms with Crippen LogP contribution in [0.3, 0.4) is 0 Å². The number of hydrogen-bond acceptors (Lipinski definition) is 3. The van der Waals surface area contributed by atoms with Gasteiger partial charge in [0.1, 0.15) is 5.60 Å². The molecule has 0 radical (unpaired) electrons. The minimum absolute atomic E-state index is 0.0986. The van der Waals surface area contributed by atoms with Crippen LogP contribution in [0.15, 0.2) is 15.9 Å². The van der Waals surface area contributed by atoms with E-state index in [1.54, 1.807) is 11.3 Å². The number of halogens is 1. The number of ether oxygens (including phenoxy) is 1. The summed E-state index contributed by atoms with van der Waals surface area (Å²) in [6.07, 6.45) is 2.76. The van der Waals surface area contributed by atoms with Gasteiger partial charge in [-0.3, -0.25) is 0 Å². The molecule has 0 saturated carbocycles. The van der Waals surface area contributed by atoms with Crippen LogP contribution in [0.5, 0.6) is 0 Å². The van der Waals surface area contributed by atoms with Gasteiger partial charge in [-0.15, -0.1) is 11.3 Å². The zero-order chi connectivity index (χ0) is 10.2. The van der Waals surface area contributed by atoms with Crippen LogP contribution in [0.4, 0.5) is 0 Å². The first kappa shape index (κ1) is 10.3. The average molecular weight is 275 g/mol. The highest BCUT2D eigenvalue weighted by Gasteiger charge is 2.36. The highest BCUT2D eigenvalue weighted by Crippen LogP contribution is 2.41. The number of thiophene rings is 1. The van der Waals surface area contributed by atoms with Crippen LogP contribution in [0.1, 0.15) is 30.7 Å². The van der Waals surface area contributed by atoms with Crippen molar-refractivity contribution in [3.63, 3.8) is 0 Å².